The lowest BCUT2D eigenvalue weighted by molar-refractivity contribution is -0.130. The molecule has 4 heteroatoms. The molecule has 4 nitrogen and oxygen atoms in total. The molecule has 2 heterocycles. The SMILES string of the molecule is NN1CCC[C@@H](N2CCCC2=O)C1. The van der Waals surface area contributed by atoms with Crippen molar-refractivity contribution in [2.24, 2.45) is 5.84 Å². The average molecular weight is 183 g/mol. The quantitative estimate of drug-likeness (QED) is 0.580. The van der Waals surface area contributed by atoms with Crippen LogP contribution in [-0.2, 0) is 4.79 Å². The monoisotopic (exact) mass is 183 g/mol. The molecule has 0 spiro atoms. The molecule has 13 heavy (non-hydrogen) atoms. The van der Waals surface area contributed by atoms with Crippen molar-refractivity contribution in [1.29, 1.82) is 0 Å². The van der Waals surface area contributed by atoms with Crippen LogP contribution in [0.5, 0.6) is 0 Å². The van der Waals surface area contributed by atoms with Gasteiger partial charge in [0.05, 0.1) is 0 Å². The van der Waals surface area contributed by atoms with Gasteiger partial charge in [0.25, 0.3) is 0 Å². The Morgan fingerprint density at radius 1 is 1.31 bits per heavy atom. The molecule has 2 aliphatic heterocycles. The Morgan fingerprint density at radius 3 is 2.77 bits per heavy atom. The Balaban J connectivity index is 1.95. The van der Waals surface area contributed by atoms with Crippen molar-refractivity contribution in [3.63, 3.8) is 0 Å². The van der Waals surface area contributed by atoms with Gasteiger partial charge in [-0.05, 0) is 19.3 Å². The Kier molecular flexibility index (Phi) is 2.51. The van der Waals surface area contributed by atoms with Crippen LogP contribution in [0, 0.1) is 0 Å². The summed E-state index contributed by atoms with van der Waals surface area (Å²) in [7, 11) is 0. The topological polar surface area (TPSA) is 49.6 Å². The molecule has 0 radical (unpaired) electrons. The summed E-state index contributed by atoms with van der Waals surface area (Å²) >= 11 is 0. The van der Waals surface area contributed by atoms with Gasteiger partial charge < -0.3 is 4.90 Å². The molecule has 2 fully saturated rings. The van der Waals surface area contributed by atoms with Gasteiger partial charge in [-0.2, -0.15) is 0 Å². The molecule has 2 aliphatic rings. The predicted molar refractivity (Wildman–Crippen MR) is 49.7 cm³/mol. The molecular formula is C9H17N3O. The fourth-order valence-electron chi connectivity index (χ4n) is 2.29. The van der Waals surface area contributed by atoms with Crippen molar-refractivity contribution in [3.8, 4) is 0 Å². The number of carbonyl (C=O) groups is 1. The minimum atomic E-state index is 0.320. The number of nitrogens with two attached hydrogens (primary N) is 1. The molecule has 2 N–H and O–H groups in total. The Bertz CT molecular complexity index is 207. The van der Waals surface area contributed by atoms with Crippen molar-refractivity contribution < 1.29 is 4.79 Å². The van der Waals surface area contributed by atoms with Crippen LogP contribution < -0.4 is 5.84 Å². The van der Waals surface area contributed by atoms with Gasteiger partial charge in [-0.15, -0.1) is 0 Å². The smallest absolute Gasteiger partial charge is 0.222 e. The van der Waals surface area contributed by atoms with Gasteiger partial charge in [0, 0.05) is 32.1 Å². The first-order valence-corrected chi connectivity index (χ1v) is 5.06. The first-order valence-electron chi connectivity index (χ1n) is 5.06. The number of piperidine rings is 1. The number of carbonyl (C=O) groups excluding carboxylic acids is 1. The Morgan fingerprint density at radius 2 is 2.15 bits per heavy atom. The fourth-order valence-corrected chi connectivity index (χ4v) is 2.29. The standard InChI is InChI=1S/C9H17N3O/c10-11-5-1-3-8(7-11)12-6-2-4-9(12)13/h8H,1-7,10H2/t8-/m1/s1. The molecule has 0 aromatic heterocycles. The van der Waals surface area contributed by atoms with E-state index in [2.05, 4.69) is 0 Å². The van der Waals surface area contributed by atoms with E-state index in [1.165, 1.54) is 0 Å². The zero-order valence-corrected chi connectivity index (χ0v) is 7.91. The summed E-state index contributed by atoms with van der Waals surface area (Å²) in [4.78, 5) is 13.5. The van der Waals surface area contributed by atoms with Gasteiger partial charge in [-0.3, -0.25) is 10.6 Å². The first-order chi connectivity index (χ1) is 6.27. The summed E-state index contributed by atoms with van der Waals surface area (Å²) < 4.78 is 0. The van der Waals surface area contributed by atoms with E-state index < -0.39 is 0 Å². The number of hydrogen-bond acceptors (Lipinski definition) is 3. The minimum absolute atomic E-state index is 0.320. The van der Waals surface area contributed by atoms with E-state index in [4.69, 9.17) is 5.84 Å². The third-order valence-electron chi connectivity index (χ3n) is 2.98. The van der Waals surface area contributed by atoms with Crippen molar-refractivity contribution >= 4 is 5.91 Å². The largest absolute Gasteiger partial charge is 0.338 e. The molecule has 2 saturated heterocycles. The highest BCUT2D eigenvalue weighted by atomic mass is 16.2. The highest BCUT2D eigenvalue weighted by Gasteiger charge is 2.30. The molecule has 0 aromatic rings. The molecule has 0 aliphatic carbocycles. The van der Waals surface area contributed by atoms with Crippen LogP contribution in [-0.4, -0.2) is 41.5 Å². The maximum Gasteiger partial charge on any atom is 0.222 e. The highest BCUT2D eigenvalue weighted by molar-refractivity contribution is 5.78. The highest BCUT2D eigenvalue weighted by Crippen LogP contribution is 2.19. The van der Waals surface area contributed by atoms with E-state index in [0.29, 0.717) is 11.9 Å². The number of amides is 1. The number of likely N-dealkylation sites (tertiary alicyclic amines) is 1. The summed E-state index contributed by atoms with van der Waals surface area (Å²) in [5.41, 5.74) is 0. The molecule has 74 valence electrons. The lowest BCUT2D eigenvalue weighted by Crippen LogP contribution is -2.50. The van der Waals surface area contributed by atoms with Crippen molar-refractivity contribution in [2.75, 3.05) is 19.6 Å². The molecule has 1 atom stereocenters. The molecule has 0 unspecified atom stereocenters. The van der Waals surface area contributed by atoms with Gasteiger partial charge in [-0.25, -0.2) is 5.01 Å². The van der Waals surface area contributed by atoms with E-state index in [1.54, 1.807) is 0 Å². The van der Waals surface area contributed by atoms with Crippen LogP contribution in [0.4, 0.5) is 0 Å². The summed E-state index contributed by atoms with van der Waals surface area (Å²) in [6, 6.07) is 0.383. The normalized spacial score (nSPS) is 31.3. The van der Waals surface area contributed by atoms with Crippen LogP contribution >= 0.6 is 0 Å². The van der Waals surface area contributed by atoms with Crippen molar-refractivity contribution in [1.82, 2.24) is 9.91 Å². The van der Waals surface area contributed by atoms with Gasteiger partial charge in [0.2, 0.25) is 5.91 Å². The summed E-state index contributed by atoms with van der Waals surface area (Å²) in [5, 5.41) is 1.83. The summed E-state index contributed by atoms with van der Waals surface area (Å²) in [6.07, 6.45) is 4.01. The minimum Gasteiger partial charge on any atom is -0.338 e. The summed E-state index contributed by atoms with van der Waals surface area (Å²) in [6.45, 7) is 2.77. The molecule has 0 aromatic carbocycles. The van der Waals surface area contributed by atoms with Crippen LogP contribution in [0.1, 0.15) is 25.7 Å². The molecule has 0 bridgehead atoms. The van der Waals surface area contributed by atoms with E-state index in [1.807, 2.05) is 9.91 Å². The zero-order valence-electron chi connectivity index (χ0n) is 7.91. The molecule has 1 amide bonds. The third kappa shape index (κ3) is 1.84. The predicted octanol–water partition coefficient (Wildman–Crippen LogP) is -0.0531. The second-order valence-electron chi connectivity index (χ2n) is 3.98. The van der Waals surface area contributed by atoms with Crippen LogP contribution in [0.25, 0.3) is 0 Å². The Hall–Kier alpha value is -0.610. The molecular weight excluding hydrogens is 166 g/mol. The van der Waals surface area contributed by atoms with Gasteiger partial charge in [0.1, 0.15) is 0 Å². The van der Waals surface area contributed by atoms with Gasteiger partial charge in [0.15, 0.2) is 0 Å². The number of nitrogens with zero attached hydrogens (tertiary/aromatic N) is 2. The van der Waals surface area contributed by atoms with E-state index in [0.717, 1.165) is 45.3 Å². The van der Waals surface area contributed by atoms with E-state index in [9.17, 15) is 4.79 Å². The number of hydrazine groups is 1. The average Bonchev–Trinajstić information content (AvgIpc) is 2.51. The maximum atomic E-state index is 11.4. The lowest BCUT2D eigenvalue weighted by Gasteiger charge is -2.35. The second-order valence-corrected chi connectivity index (χ2v) is 3.98. The van der Waals surface area contributed by atoms with Crippen molar-refractivity contribution in [2.45, 2.75) is 31.7 Å². The second kappa shape index (κ2) is 3.64. The van der Waals surface area contributed by atoms with Gasteiger partial charge in [-0.1, -0.05) is 0 Å². The summed E-state index contributed by atoms with van der Waals surface area (Å²) in [5.74, 6) is 6.05. The van der Waals surface area contributed by atoms with Crippen molar-refractivity contribution in [3.05, 3.63) is 0 Å². The van der Waals surface area contributed by atoms with Crippen LogP contribution in [0.3, 0.4) is 0 Å². The fraction of sp³-hybridized carbons (Fsp3) is 0.889. The Labute approximate surface area is 78.6 Å². The number of hydrogen-bond donors (Lipinski definition) is 1. The van der Waals surface area contributed by atoms with E-state index in [-0.39, 0.29) is 0 Å². The number of rotatable bonds is 1. The van der Waals surface area contributed by atoms with Crippen LogP contribution in [0.15, 0.2) is 0 Å². The maximum absolute atomic E-state index is 11.4. The third-order valence-corrected chi connectivity index (χ3v) is 2.98. The first kappa shape index (κ1) is 8.97. The molecule has 2 rings (SSSR count). The zero-order chi connectivity index (χ0) is 9.26. The molecule has 0 saturated carbocycles. The van der Waals surface area contributed by atoms with E-state index >= 15 is 0 Å². The lowest BCUT2D eigenvalue weighted by atomic mass is 10.1. The van der Waals surface area contributed by atoms with Crippen LogP contribution in [0.2, 0.25) is 0 Å². The van der Waals surface area contributed by atoms with Gasteiger partial charge >= 0.3 is 0 Å².